The van der Waals surface area contributed by atoms with Crippen LogP contribution >= 0.6 is 0 Å². The Balaban J connectivity index is 2.01. The minimum absolute atomic E-state index is 0.0854. The molecule has 23 heavy (non-hydrogen) atoms. The molecule has 3 rings (SSSR count). The van der Waals surface area contributed by atoms with Gasteiger partial charge in [-0.3, -0.25) is 19.9 Å². The normalized spacial score (nSPS) is 21.2. The maximum atomic E-state index is 12.1. The molecule has 1 saturated heterocycles. The zero-order valence-electron chi connectivity index (χ0n) is 13.0. The molecule has 0 saturated carbocycles. The van der Waals surface area contributed by atoms with Crippen molar-refractivity contribution < 1.29 is 4.79 Å². The number of carbonyl (C=O) groups excluding carboxylic acids is 1. The second-order valence-electron chi connectivity index (χ2n) is 5.94. The van der Waals surface area contributed by atoms with Crippen molar-refractivity contribution in [2.75, 3.05) is 7.05 Å². The Morgan fingerprint density at radius 2 is 1.91 bits per heavy atom. The highest BCUT2D eigenvalue weighted by Crippen LogP contribution is 2.30. The summed E-state index contributed by atoms with van der Waals surface area (Å²) in [5.74, 6) is -0.0166. The van der Waals surface area contributed by atoms with E-state index in [1.54, 1.807) is 13.1 Å². The molecule has 1 fully saturated rings. The highest BCUT2D eigenvalue weighted by molar-refractivity contribution is 5.98. The molecule has 3 N–H and O–H groups in total. The van der Waals surface area contributed by atoms with Gasteiger partial charge < -0.3 is 10.3 Å². The molecule has 1 aromatic heterocycles. The number of guanidine groups is 1. The molecule has 1 aliphatic heterocycles. The average molecular weight is 310 g/mol. The Labute approximate surface area is 133 Å². The second-order valence-corrected chi connectivity index (χ2v) is 5.94. The van der Waals surface area contributed by atoms with E-state index in [-0.39, 0.29) is 23.8 Å². The smallest absolute Gasteiger partial charge is 0.248 e. The Hall–Kier alpha value is -2.89. The van der Waals surface area contributed by atoms with Gasteiger partial charge in [-0.05, 0) is 30.2 Å². The lowest BCUT2D eigenvalue weighted by Gasteiger charge is -2.39. The first-order chi connectivity index (χ1) is 10.9. The van der Waals surface area contributed by atoms with E-state index in [0.717, 1.165) is 16.8 Å². The zero-order chi connectivity index (χ0) is 16.6. The van der Waals surface area contributed by atoms with E-state index in [1.807, 2.05) is 37.3 Å². The summed E-state index contributed by atoms with van der Waals surface area (Å²) in [5.41, 5.74) is 1.67. The van der Waals surface area contributed by atoms with Crippen LogP contribution in [0.2, 0.25) is 0 Å². The van der Waals surface area contributed by atoms with Crippen molar-refractivity contribution >= 4 is 11.9 Å². The van der Waals surface area contributed by atoms with Crippen molar-refractivity contribution in [2.45, 2.75) is 18.9 Å². The fraction of sp³-hybridized carbons (Fsp3) is 0.235. The van der Waals surface area contributed by atoms with Gasteiger partial charge in [0.1, 0.15) is 0 Å². The average Bonchev–Trinajstić information content (AvgIpc) is 2.53. The van der Waals surface area contributed by atoms with Crippen LogP contribution in [0.4, 0.5) is 0 Å². The molecule has 2 aromatic rings. The van der Waals surface area contributed by atoms with Gasteiger partial charge in [-0.2, -0.15) is 0 Å². The SMILES string of the molecule is CN1C(=N)N[C@](C)(c2cccc(-c3cccc(=O)[nH]3)c2)CC1=O. The summed E-state index contributed by atoms with van der Waals surface area (Å²) in [4.78, 5) is 27.7. The lowest BCUT2D eigenvalue weighted by Crippen LogP contribution is -2.58. The first kappa shape index (κ1) is 15.0. The third-order valence-electron chi connectivity index (χ3n) is 4.19. The van der Waals surface area contributed by atoms with Crippen LogP contribution in [0, 0.1) is 5.41 Å². The number of hydrogen-bond donors (Lipinski definition) is 3. The molecule has 1 amide bonds. The van der Waals surface area contributed by atoms with E-state index >= 15 is 0 Å². The molecule has 2 heterocycles. The van der Waals surface area contributed by atoms with Crippen molar-refractivity contribution in [3.05, 3.63) is 58.4 Å². The van der Waals surface area contributed by atoms with Gasteiger partial charge in [0.05, 0.1) is 12.0 Å². The zero-order valence-corrected chi connectivity index (χ0v) is 13.0. The number of aromatic amines is 1. The molecule has 0 radical (unpaired) electrons. The number of rotatable bonds is 2. The third kappa shape index (κ3) is 2.75. The van der Waals surface area contributed by atoms with Gasteiger partial charge in [0.15, 0.2) is 5.96 Å². The molecule has 1 aromatic carbocycles. The van der Waals surface area contributed by atoms with Crippen LogP contribution in [0.5, 0.6) is 0 Å². The molecule has 0 unspecified atom stereocenters. The largest absolute Gasteiger partial charge is 0.346 e. The van der Waals surface area contributed by atoms with E-state index in [0.29, 0.717) is 0 Å². The number of carbonyl (C=O) groups is 1. The van der Waals surface area contributed by atoms with E-state index < -0.39 is 5.54 Å². The Bertz CT molecular complexity index is 822. The number of H-pyrrole nitrogens is 1. The Kier molecular flexibility index (Phi) is 3.52. The molecule has 1 atom stereocenters. The molecule has 0 spiro atoms. The molecule has 0 bridgehead atoms. The predicted molar refractivity (Wildman–Crippen MR) is 88.1 cm³/mol. The van der Waals surface area contributed by atoms with Gasteiger partial charge in [-0.15, -0.1) is 0 Å². The van der Waals surface area contributed by atoms with Gasteiger partial charge >= 0.3 is 0 Å². The van der Waals surface area contributed by atoms with Gasteiger partial charge in [0.25, 0.3) is 0 Å². The number of nitrogens with zero attached hydrogens (tertiary/aromatic N) is 1. The Morgan fingerprint density at radius 1 is 1.17 bits per heavy atom. The van der Waals surface area contributed by atoms with Crippen molar-refractivity contribution in [1.82, 2.24) is 15.2 Å². The topological polar surface area (TPSA) is 89.1 Å². The minimum atomic E-state index is -0.647. The molecule has 0 aliphatic carbocycles. The molecular formula is C17H18N4O2. The third-order valence-corrected chi connectivity index (χ3v) is 4.19. The summed E-state index contributed by atoms with van der Waals surface area (Å²) in [7, 11) is 1.59. The number of pyridine rings is 1. The molecule has 6 heteroatoms. The van der Waals surface area contributed by atoms with E-state index in [2.05, 4.69) is 10.3 Å². The molecule has 1 aliphatic rings. The quantitative estimate of drug-likeness (QED) is 0.788. The van der Waals surface area contributed by atoms with E-state index in [4.69, 9.17) is 5.41 Å². The van der Waals surface area contributed by atoms with Crippen LogP contribution in [0.1, 0.15) is 18.9 Å². The lowest BCUT2D eigenvalue weighted by atomic mass is 9.85. The van der Waals surface area contributed by atoms with Crippen LogP contribution < -0.4 is 10.9 Å². The summed E-state index contributed by atoms with van der Waals surface area (Å²) < 4.78 is 0. The fourth-order valence-corrected chi connectivity index (χ4v) is 2.76. The van der Waals surface area contributed by atoms with Crippen LogP contribution in [0.25, 0.3) is 11.3 Å². The van der Waals surface area contributed by atoms with Crippen LogP contribution in [0.15, 0.2) is 47.3 Å². The minimum Gasteiger partial charge on any atom is -0.346 e. The highest BCUT2D eigenvalue weighted by Gasteiger charge is 2.37. The summed E-state index contributed by atoms with van der Waals surface area (Å²) >= 11 is 0. The van der Waals surface area contributed by atoms with Crippen LogP contribution in [0.3, 0.4) is 0 Å². The van der Waals surface area contributed by atoms with Gasteiger partial charge in [0, 0.05) is 18.8 Å². The summed E-state index contributed by atoms with van der Waals surface area (Å²) in [5, 5.41) is 11.0. The summed E-state index contributed by atoms with van der Waals surface area (Å²) in [6.45, 7) is 1.90. The number of nitrogens with one attached hydrogen (secondary N) is 3. The predicted octanol–water partition coefficient (Wildman–Crippen LogP) is 1.64. The fourth-order valence-electron chi connectivity index (χ4n) is 2.76. The number of hydrogen-bond acceptors (Lipinski definition) is 3. The maximum Gasteiger partial charge on any atom is 0.248 e. The molecular weight excluding hydrogens is 292 g/mol. The number of amides is 1. The standard InChI is InChI=1S/C17H18N4O2/c1-17(10-15(23)21(2)16(18)20-17)12-6-3-5-11(9-12)13-7-4-8-14(22)19-13/h3-9H,10H2,1-2H3,(H2,18,20)(H,19,22)/t17-/m0/s1. The van der Waals surface area contributed by atoms with Crippen LogP contribution in [-0.2, 0) is 10.3 Å². The molecule has 6 nitrogen and oxygen atoms in total. The van der Waals surface area contributed by atoms with Crippen molar-refractivity contribution in [3.8, 4) is 11.3 Å². The Morgan fingerprint density at radius 3 is 2.61 bits per heavy atom. The maximum absolute atomic E-state index is 12.1. The van der Waals surface area contributed by atoms with Crippen molar-refractivity contribution in [3.63, 3.8) is 0 Å². The first-order valence-electron chi connectivity index (χ1n) is 7.33. The second kappa shape index (κ2) is 5.39. The van der Waals surface area contributed by atoms with Gasteiger partial charge in [0.2, 0.25) is 11.5 Å². The summed E-state index contributed by atoms with van der Waals surface area (Å²) in [6.07, 6.45) is 0.265. The monoisotopic (exact) mass is 310 g/mol. The molecule has 118 valence electrons. The van der Waals surface area contributed by atoms with E-state index in [9.17, 15) is 9.59 Å². The van der Waals surface area contributed by atoms with E-state index in [1.165, 1.54) is 11.0 Å². The lowest BCUT2D eigenvalue weighted by molar-refractivity contribution is -0.129. The van der Waals surface area contributed by atoms with Crippen molar-refractivity contribution in [2.24, 2.45) is 0 Å². The number of aromatic nitrogens is 1. The first-order valence-corrected chi connectivity index (χ1v) is 7.33. The van der Waals surface area contributed by atoms with Gasteiger partial charge in [-0.25, -0.2) is 0 Å². The number of benzene rings is 1. The van der Waals surface area contributed by atoms with Crippen LogP contribution in [-0.4, -0.2) is 28.8 Å². The van der Waals surface area contributed by atoms with Crippen molar-refractivity contribution in [1.29, 1.82) is 5.41 Å². The van der Waals surface area contributed by atoms with Gasteiger partial charge in [-0.1, -0.05) is 24.3 Å². The highest BCUT2D eigenvalue weighted by atomic mass is 16.2. The summed E-state index contributed by atoms with van der Waals surface area (Å²) in [6, 6.07) is 12.6.